The fourth-order valence-corrected chi connectivity index (χ4v) is 2.74. The predicted molar refractivity (Wildman–Crippen MR) is 87.8 cm³/mol. The van der Waals surface area contributed by atoms with Crippen LogP contribution < -0.4 is 10.0 Å². The van der Waals surface area contributed by atoms with Crippen LogP contribution in [0.2, 0.25) is 0 Å². The van der Waals surface area contributed by atoms with Gasteiger partial charge in [0, 0.05) is 19.7 Å². The van der Waals surface area contributed by atoms with Gasteiger partial charge in [-0.1, -0.05) is 29.8 Å². The van der Waals surface area contributed by atoms with Gasteiger partial charge in [0.25, 0.3) is 5.69 Å². The minimum Gasteiger partial charge on any atom is -0.365 e. The van der Waals surface area contributed by atoms with Crippen LogP contribution in [0.3, 0.4) is 0 Å². The lowest BCUT2D eigenvalue weighted by Crippen LogP contribution is -2.19. The summed E-state index contributed by atoms with van der Waals surface area (Å²) in [5, 5.41) is 16.3. The van der Waals surface area contributed by atoms with E-state index in [2.05, 4.69) is 0 Å². The van der Waals surface area contributed by atoms with Gasteiger partial charge >= 0.3 is 0 Å². The van der Waals surface area contributed by atoms with Crippen molar-refractivity contribution in [1.82, 2.24) is 0 Å². The van der Waals surface area contributed by atoms with Crippen molar-refractivity contribution in [2.75, 3.05) is 11.9 Å². The number of anilines is 1. The highest BCUT2D eigenvalue weighted by Crippen LogP contribution is 2.30. The first kappa shape index (κ1) is 16.9. The van der Waals surface area contributed by atoms with Crippen LogP contribution in [0.25, 0.3) is 0 Å². The lowest BCUT2D eigenvalue weighted by Gasteiger charge is -2.19. The van der Waals surface area contributed by atoms with Crippen molar-refractivity contribution in [3.05, 3.63) is 63.7 Å². The van der Waals surface area contributed by atoms with Crippen molar-refractivity contribution < 1.29 is 13.3 Å². The van der Waals surface area contributed by atoms with Gasteiger partial charge in [0.05, 0.1) is 9.82 Å². The molecular formula is C15H17N3O4S. The van der Waals surface area contributed by atoms with Crippen LogP contribution in [0.1, 0.15) is 11.1 Å². The van der Waals surface area contributed by atoms with Gasteiger partial charge in [-0.15, -0.1) is 0 Å². The van der Waals surface area contributed by atoms with Crippen LogP contribution in [-0.4, -0.2) is 20.4 Å². The van der Waals surface area contributed by atoms with Gasteiger partial charge in [0.2, 0.25) is 10.0 Å². The summed E-state index contributed by atoms with van der Waals surface area (Å²) in [5.41, 5.74) is 2.14. The third-order valence-electron chi connectivity index (χ3n) is 3.42. The molecule has 8 heteroatoms. The molecule has 2 aromatic rings. The quantitative estimate of drug-likeness (QED) is 0.666. The lowest BCUT2D eigenvalue weighted by molar-refractivity contribution is -0.384. The van der Waals surface area contributed by atoms with Crippen molar-refractivity contribution >= 4 is 21.4 Å². The third kappa shape index (κ3) is 4.05. The smallest absolute Gasteiger partial charge is 0.293 e. The maximum atomic E-state index is 11.4. The molecular weight excluding hydrogens is 318 g/mol. The summed E-state index contributed by atoms with van der Waals surface area (Å²) < 4.78 is 22.7. The average Bonchev–Trinajstić information content (AvgIpc) is 2.48. The number of hydrogen-bond donors (Lipinski definition) is 1. The van der Waals surface area contributed by atoms with Gasteiger partial charge in [-0.25, -0.2) is 13.6 Å². The van der Waals surface area contributed by atoms with E-state index < -0.39 is 14.9 Å². The Hall–Kier alpha value is -2.45. The number of hydrogen-bond acceptors (Lipinski definition) is 5. The molecule has 0 fully saturated rings. The molecule has 0 saturated heterocycles. The predicted octanol–water partition coefficient (Wildman–Crippen LogP) is 2.19. The third-order valence-corrected chi connectivity index (χ3v) is 4.33. The number of primary sulfonamides is 1. The summed E-state index contributed by atoms with van der Waals surface area (Å²) in [7, 11) is -2.28. The zero-order valence-corrected chi connectivity index (χ0v) is 13.6. The fourth-order valence-electron chi connectivity index (χ4n) is 2.20. The second-order valence-electron chi connectivity index (χ2n) is 5.29. The number of rotatable bonds is 5. The number of nitrogens with two attached hydrogens (primary N) is 1. The van der Waals surface area contributed by atoms with E-state index in [4.69, 9.17) is 5.14 Å². The van der Waals surface area contributed by atoms with E-state index in [1.54, 1.807) is 11.9 Å². The molecule has 2 N–H and O–H groups in total. The van der Waals surface area contributed by atoms with Crippen molar-refractivity contribution in [3.8, 4) is 0 Å². The number of nitro benzene ring substituents is 1. The zero-order valence-electron chi connectivity index (χ0n) is 12.8. The second-order valence-corrected chi connectivity index (χ2v) is 6.86. The number of sulfonamides is 1. The summed E-state index contributed by atoms with van der Waals surface area (Å²) in [4.78, 5) is 12.0. The monoisotopic (exact) mass is 335 g/mol. The molecule has 0 amide bonds. The van der Waals surface area contributed by atoms with Gasteiger partial charge in [-0.2, -0.15) is 0 Å². The minimum absolute atomic E-state index is 0.281. The Balaban J connectivity index is 2.37. The first-order chi connectivity index (χ1) is 10.7. The number of nitro groups is 1. The highest BCUT2D eigenvalue weighted by molar-refractivity contribution is 7.89. The molecule has 0 aliphatic carbocycles. The van der Waals surface area contributed by atoms with E-state index >= 15 is 0 Å². The summed E-state index contributed by atoms with van der Waals surface area (Å²) in [6.45, 7) is 2.43. The molecule has 122 valence electrons. The Bertz CT molecular complexity index is 832. The van der Waals surface area contributed by atoms with Crippen LogP contribution in [0.5, 0.6) is 0 Å². The number of aryl methyl sites for hydroxylation is 1. The van der Waals surface area contributed by atoms with E-state index in [9.17, 15) is 18.5 Å². The molecule has 0 unspecified atom stereocenters. The first-order valence-corrected chi connectivity index (χ1v) is 8.31. The Morgan fingerprint density at radius 2 is 1.78 bits per heavy atom. The summed E-state index contributed by atoms with van der Waals surface area (Å²) >= 11 is 0. The highest BCUT2D eigenvalue weighted by atomic mass is 32.2. The largest absolute Gasteiger partial charge is 0.365 e. The topological polar surface area (TPSA) is 107 Å². The van der Waals surface area contributed by atoms with E-state index in [-0.39, 0.29) is 10.6 Å². The highest BCUT2D eigenvalue weighted by Gasteiger charge is 2.21. The number of nitrogens with zero attached hydrogens (tertiary/aromatic N) is 2. The molecule has 0 aliphatic rings. The molecule has 0 atom stereocenters. The van der Waals surface area contributed by atoms with Crippen LogP contribution in [0, 0.1) is 17.0 Å². The molecule has 0 saturated carbocycles. The Morgan fingerprint density at radius 1 is 1.17 bits per heavy atom. The molecule has 0 spiro atoms. The van der Waals surface area contributed by atoms with Crippen LogP contribution >= 0.6 is 0 Å². The molecule has 2 aromatic carbocycles. The normalized spacial score (nSPS) is 11.3. The van der Waals surface area contributed by atoms with Crippen LogP contribution in [-0.2, 0) is 16.6 Å². The minimum atomic E-state index is -3.99. The van der Waals surface area contributed by atoms with Gasteiger partial charge in [0.1, 0.15) is 5.69 Å². The van der Waals surface area contributed by atoms with Crippen molar-refractivity contribution in [3.63, 3.8) is 0 Å². The maximum absolute atomic E-state index is 11.4. The van der Waals surface area contributed by atoms with Gasteiger partial charge < -0.3 is 4.90 Å². The first-order valence-electron chi connectivity index (χ1n) is 6.76. The zero-order chi connectivity index (χ0) is 17.2. The summed E-state index contributed by atoms with van der Waals surface area (Å²) in [6.07, 6.45) is 0. The van der Waals surface area contributed by atoms with Crippen LogP contribution in [0.15, 0.2) is 47.4 Å². The van der Waals surface area contributed by atoms with Gasteiger partial charge in [-0.05, 0) is 24.6 Å². The molecule has 0 aromatic heterocycles. The van der Waals surface area contributed by atoms with E-state index in [1.807, 2.05) is 31.2 Å². The standard InChI is InChI=1S/C15H17N3O4S/c1-11-3-5-12(6-4-11)10-17(2)14-8-7-13(23(16,21)22)9-15(14)18(19)20/h3-9H,10H2,1-2H3,(H2,16,21,22). The van der Waals surface area contributed by atoms with Crippen molar-refractivity contribution in [1.29, 1.82) is 0 Å². The lowest BCUT2D eigenvalue weighted by atomic mass is 10.1. The number of benzene rings is 2. The van der Waals surface area contributed by atoms with Crippen molar-refractivity contribution in [2.24, 2.45) is 5.14 Å². The SMILES string of the molecule is Cc1ccc(CN(C)c2ccc(S(N)(=O)=O)cc2[N+](=O)[O-])cc1. The van der Waals surface area contributed by atoms with Gasteiger partial charge in [0.15, 0.2) is 0 Å². The van der Waals surface area contributed by atoms with E-state index in [1.165, 1.54) is 12.1 Å². The molecule has 0 bridgehead atoms. The molecule has 7 nitrogen and oxygen atoms in total. The maximum Gasteiger partial charge on any atom is 0.293 e. The molecule has 0 heterocycles. The Kier molecular flexibility index (Phi) is 4.67. The second kappa shape index (κ2) is 6.35. The molecule has 2 rings (SSSR count). The van der Waals surface area contributed by atoms with E-state index in [0.29, 0.717) is 12.2 Å². The Labute approximate surface area is 134 Å². The summed E-state index contributed by atoms with van der Waals surface area (Å²) in [5.74, 6) is 0. The molecule has 0 aliphatic heterocycles. The van der Waals surface area contributed by atoms with E-state index in [0.717, 1.165) is 17.2 Å². The summed E-state index contributed by atoms with van der Waals surface area (Å²) in [6, 6.07) is 11.4. The van der Waals surface area contributed by atoms with Gasteiger partial charge in [-0.3, -0.25) is 10.1 Å². The fraction of sp³-hybridized carbons (Fsp3) is 0.200. The van der Waals surface area contributed by atoms with Crippen molar-refractivity contribution in [2.45, 2.75) is 18.4 Å². The molecule has 23 heavy (non-hydrogen) atoms. The Morgan fingerprint density at radius 3 is 2.30 bits per heavy atom. The molecule has 0 radical (unpaired) electrons. The average molecular weight is 335 g/mol. The van der Waals surface area contributed by atoms with Crippen LogP contribution in [0.4, 0.5) is 11.4 Å².